The van der Waals surface area contributed by atoms with Crippen LogP contribution >= 0.6 is 11.3 Å². The van der Waals surface area contributed by atoms with Crippen molar-refractivity contribution >= 4 is 11.3 Å². The van der Waals surface area contributed by atoms with Gasteiger partial charge in [0.05, 0.1) is 0 Å². The predicted octanol–water partition coefficient (Wildman–Crippen LogP) is 1.79. The topological polar surface area (TPSA) is 53.6 Å². The second kappa shape index (κ2) is 3.75. The molecule has 0 spiro atoms. The third kappa shape index (κ3) is 2.08. The first kappa shape index (κ1) is 9.06. The molecular formula is C10H12N4S. The summed E-state index contributed by atoms with van der Waals surface area (Å²) in [6, 6.07) is 0.749. The lowest BCUT2D eigenvalue weighted by Crippen LogP contribution is -2.14. The molecule has 0 atom stereocenters. The zero-order chi connectivity index (χ0) is 10.1. The summed E-state index contributed by atoms with van der Waals surface area (Å²) in [5.74, 6) is 0.859. The largest absolute Gasteiger partial charge is 0.343 e. The van der Waals surface area contributed by atoms with Crippen molar-refractivity contribution in [2.24, 2.45) is 0 Å². The monoisotopic (exact) mass is 220 g/mol. The second-order valence-electron chi connectivity index (χ2n) is 3.72. The van der Waals surface area contributed by atoms with Crippen LogP contribution in [0.3, 0.4) is 0 Å². The molecule has 2 N–H and O–H groups in total. The van der Waals surface area contributed by atoms with Crippen LogP contribution in [0.5, 0.6) is 0 Å². The molecule has 2 aromatic rings. The normalized spacial score (nSPS) is 15.7. The predicted molar refractivity (Wildman–Crippen MR) is 59.6 cm³/mol. The Kier molecular flexibility index (Phi) is 2.26. The number of imidazole rings is 1. The van der Waals surface area contributed by atoms with E-state index in [4.69, 9.17) is 0 Å². The zero-order valence-corrected chi connectivity index (χ0v) is 9.05. The van der Waals surface area contributed by atoms with Crippen molar-refractivity contribution in [3.63, 3.8) is 0 Å². The van der Waals surface area contributed by atoms with Crippen molar-refractivity contribution < 1.29 is 0 Å². The van der Waals surface area contributed by atoms with E-state index in [1.165, 1.54) is 17.7 Å². The van der Waals surface area contributed by atoms with Crippen molar-refractivity contribution in [1.82, 2.24) is 20.3 Å². The first-order valence-electron chi connectivity index (χ1n) is 5.09. The number of rotatable bonds is 4. The molecule has 0 bridgehead atoms. The zero-order valence-electron chi connectivity index (χ0n) is 8.23. The van der Waals surface area contributed by atoms with Gasteiger partial charge in [-0.3, -0.25) is 0 Å². The van der Waals surface area contributed by atoms with Gasteiger partial charge < -0.3 is 10.3 Å². The van der Waals surface area contributed by atoms with Gasteiger partial charge in [-0.2, -0.15) is 0 Å². The Bertz CT molecular complexity index is 430. The molecule has 5 heteroatoms. The van der Waals surface area contributed by atoms with Crippen molar-refractivity contribution in [2.75, 3.05) is 0 Å². The molecule has 1 aliphatic rings. The van der Waals surface area contributed by atoms with E-state index in [0.717, 1.165) is 23.4 Å². The number of hydrogen-bond donors (Lipinski definition) is 2. The van der Waals surface area contributed by atoms with Gasteiger partial charge in [0.15, 0.2) is 10.8 Å². The molecule has 0 unspecified atom stereocenters. The van der Waals surface area contributed by atoms with Gasteiger partial charge >= 0.3 is 0 Å². The number of H-pyrrole nitrogens is 1. The standard InChI is InChI=1S/C10H12N4S/c1-2-7(1)13-5-8-6-14-10(15-8)9-11-3-4-12-9/h3-4,6-7,13H,1-2,5H2,(H,11,12). The average molecular weight is 220 g/mol. The molecule has 0 amide bonds. The molecule has 2 heterocycles. The molecule has 15 heavy (non-hydrogen) atoms. The first-order chi connectivity index (χ1) is 7.42. The lowest BCUT2D eigenvalue weighted by Gasteiger charge is -1.96. The molecular weight excluding hydrogens is 208 g/mol. The molecule has 0 aliphatic heterocycles. The van der Waals surface area contributed by atoms with E-state index in [-0.39, 0.29) is 0 Å². The van der Waals surface area contributed by atoms with Crippen molar-refractivity contribution in [2.45, 2.75) is 25.4 Å². The summed E-state index contributed by atoms with van der Waals surface area (Å²) in [4.78, 5) is 12.9. The van der Waals surface area contributed by atoms with Crippen molar-refractivity contribution in [3.05, 3.63) is 23.5 Å². The Hall–Kier alpha value is -1.20. The summed E-state index contributed by atoms with van der Waals surface area (Å²) in [5, 5.41) is 4.44. The maximum atomic E-state index is 4.34. The van der Waals surface area contributed by atoms with Crippen LogP contribution in [0, 0.1) is 0 Å². The molecule has 0 saturated heterocycles. The minimum atomic E-state index is 0.749. The molecule has 0 aromatic carbocycles. The van der Waals surface area contributed by atoms with E-state index in [9.17, 15) is 0 Å². The molecule has 1 aliphatic carbocycles. The number of thiazole rings is 1. The number of nitrogens with zero attached hydrogens (tertiary/aromatic N) is 2. The van der Waals surface area contributed by atoms with Crippen LogP contribution in [0.25, 0.3) is 10.8 Å². The smallest absolute Gasteiger partial charge is 0.166 e. The van der Waals surface area contributed by atoms with Crippen LogP contribution in [0.1, 0.15) is 17.7 Å². The van der Waals surface area contributed by atoms with Crippen LogP contribution in [0.15, 0.2) is 18.6 Å². The number of nitrogens with one attached hydrogen (secondary N) is 2. The summed E-state index contributed by atoms with van der Waals surface area (Å²) < 4.78 is 0. The third-order valence-electron chi connectivity index (χ3n) is 2.40. The van der Waals surface area contributed by atoms with Gasteiger partial charge in [-0.1, -0.05) is 0 Å². The Morgan fingerprint density at radius 1 is 1.47 bits per heavy atom. The summed E-state index contributed by atoms with van der Waals surface area (Å²) in [5.41, 5.74) is 0. The van der Waals surface area contributed by atoms with Crippen LogP contribution in [-0.4, -0.2) is 21.0 Å². The fourth-order valence-electron chi connectivity index (χ4n) is 1.41. The van der Waals surface area contributed by atoms with Gasteiger partial charge in [-0.05, 0) is 12.8 Å². The number of aromatic nitrogens is 3. The van der Waals surface area contributed by atoms with E-state index in [1.807, 2.05) is 12.4 Å². The van der Waals surface area contributed by atoms with Crippen LogP contribution < -0.4 is 5.32 Å². The Morgan fingerprint density at radius 3 is 3.13 bits per heavy atom. The minimum absolute atomic E-state index is 0.749. The van der Waals surface area contributed by atoms with Crippen LogP contribution in [0.4, 0.5) is 0 Å². The van der Waals surface area contributed by atoms with E-state index in [1.54, 1.807) is 17.5 Å². The molecule has 4 nitrogen and oxygen atoms in total. The maximum absolute atomic E-state index is 4.34. The lowest BCUT2D eigenvalue weighted by atomic mass is 10.5. The molecule has 78 valence electrons. The second-order valence-corrected chi connectivity index (χ2v) is 4.84. The Labute approximate surface area is 91.8 Å². The highest BCUT2D eigenvalue weighted by Gasteiger charge is 2.20. The van der Waals surface area contributed by atoms with Gasteiger partial charge in [0.1, 0.15) is 0 Å². The quantitative estimate of drug-likeness (QED) is 0.826. The van der Waals surface area contributed by atoms with Crippen LogP contribution in [0.2, 0.25) is 0 Å². The summed E-state index contributed by atoms with van der Waals surface area (Å²) in [6.07, 6.45) is 8.14. The maximum Gasteiger partial charge on any atom is 0.166 e. The number of hydrogen-bond acceptors (Lipinski definition) is 4. The highest BCUT2D eigenvalue weighted by molar-refractivity contribution is 7.14. The van der Waals surface area contributed by atoms with Gasteiger partial charge in [0.25, 0.3) is 0 Å². The van der Waals surface area contributed by atoms with E-state index >= 15 is 0 Å². The third-order valence-corrected chi connectivity index (χ3v) is 3.40. The van der Waals surface area contributed by atoms with E-state index in [2.05, 4.69) is 20.3 Å². The highest BCUT2D eigenvalue weighted by Crippen LogP contribution is 2.23. The fraction of sp³-hybridized carbons (Fsp3) is 0.400. The fourth-order valence-corrected chi connectivity index (χ4v) is 2.24. The van der Waals surface area contributed by atoms with E-state index in [0.29, 0.717) is 0 Å². The lowest BCUT2D eigenvalue weighted by molar-refractivity contribution is 0.694. The van der Waals surface area contributed by atoms with Gasteiger partial charge in [0.2, 0.25) is 0 Å². The van der Waals surface area contributed by atoms with Gasteiger partial charge in [-0.15, -0.1) is 11.3 Å². The first-order valence-corrected chi connectivity index (χ1v) is 5.91. The molecule has 0 radical (unpaired) electrons. The van der Waals surface area contributed by atoms with Gasteiger partial charge in [0, 0.05) is 36.1 Å². The van der Waals surface area contributed by atoms with Crippen molar-refractivity contribution in [1.29, 1.82) is 0 Å². The average Bonchev–Trinajstić information content (AvgIpc) is 2.78. The van der Waals surface area contributed by atoms with E-state index < -0.39 is 0 Å². The summed E-state index contributed by atoms with van der Waals surface area (Å²) >= 11 is 1.69. The minimum Gasteiger partial charge on any atom is -0.343 e. The van der Waals surface area contributed by atoms with Gasteiger partial charge in [-0.25, -0.2) is 9.97 Å². The molecule has 3 rings (SSSR count). The summed E-state index contributed by atoms with van der Waals surface area (Å²) in [6.45, 7) is 0.934. The Balaban J connectivity index is 1.69. The molecule has 2 aromatic heterocycles. The highest BCUT2D eigenvalue weighted by atomic mass is 32.1. The number of aromatic amines is 1. The van der Waals surface area contributed by atoms with Crippen molar-refractivity contribution in [3.8, 4) is 10.8 Å². The summed E-state index contributed by atoms with van der Waals surface area (Å²) in [7, 11) is 0. The van der Waals surface area contributed by atoms with Crippen LogP contribution in [-0.2, 0) is 6.54 Å². The Morgan fingerprint density at radius 2 is 2.40 bits per heavy atom. The molecule has 1 fully saturated rings. The molecule has 1 saturated carbocycles. The SMILES string of the molecule is c1c[nH]c(-c2ncc(CNC3CC3)s2)n1.